The molecule has 0 atom stereocenters. The Balaban J connectivity index is 2.07. The third-order valence-electron chi connectivity index (χ3n) is 3.52. The lowest BCUT2D eigenvalue weighted by molar-refractivity contribution is 0.780. The fraction of sp³-hybridized carbons (Fsp3) is 0.0625. The first-order valence-corrected chi connectivity index (χ1v) is 6.64. The molecule has 0 saturated carbocycles. The minimum absolute atomic E-state index is 0.136. The van der Waals surface area contributed by atoms with Gasteiger partial charge in [-0.25, -0.2) is 4.98 Å². The molecule has 1 N–H and O–H groups in total. The van der Waals surface area contributed by atoms with Crippen LogP contribution in [0.4, 0.5) is 0 Å². The van der Waals surface area contributed by atoms with Gasteiger partial charge in [-0.15, -0.1) is 0 Å². The van der Waals surface area contributed by atoms with Crippen LogP contribution < -0.4 is 5.56 Å². The molecule has 2 heterocycles. The number of aromatic nitrogens is 4. The van der Waals surface area contributed by atoms with E-state index in [-0.39, 0.29) is 5.56 Å². The van der Waals surface area contributed by atoms with Crippen molar-refractivity contribution in [1.29, 1.82) is 0 Å². The highest BCUT2D eigenvalue weighted by molar-refractivity contribution is 5.92. The maximum absolute atomic E-state index is 12.2. The average molecular weight is 276 g/mol. The van der Waals surface area contributed by atoms with E-state index in [9.17, 15) is 4.79 Å². The molecule has 0 amide bonds. The Labute approximate surface area is 119 Å². The van der Waals surface area contributed by atoms with Crippen LogP contribution in [-0.2, 0) is 7.05 Å². The molecule has 0 saturated heterocycles. The number of hydrogen-bond acceptors (Lipinski definition) is 3. The molecule has 5 heteroatoms. The lowest BCUT2D eigenvalue weighted by atomic mass is 10.1. The number of H-pyrrole nitrogens is 1. The van der Waals surface area contributed by atoms with E-state index in [4.69, 9.17) is 0 Å². The van der Waals surface area contributed by atoms with Crippen LogP contribution in [0.25, 0.3) is 33.2 Å². The van der Waals surface area contributed by atoms with Crippen LogP contribution in [0.2, 0.25) is 0 Å². The zero-order valence-electron chi connectivity index (χ0n) is 11.4. The SMILES string of the molecule is Cn1cc2cccc(-c3nc4ccccc4c(=O)[nH]3)c2n1. The van der Waals surface area contributed by atoms with Crippen molar-refractivity contribution in [2.24, 2.45) is 7.05 Å². The van der Waals surface area contributed by atoms with Gasteiger partial charge in [-0.2, -0.15) is 5.10 Å². The predicted molar refractivity (Wildman–Crippen MR) is 82.1 cm³/mol. The van der Waals surface area contributed by atoms with Crippen molar-refractivity contribution in [2.75, 3.05) is 0 Å². The summed E-state index contributed by atoms with van der Waals surface area (Å²) in [5.41, 5.74) is 2.21. The number of hydrogen-bond donors (Lipinski definition) is 1. The van der Waals surface area contributed by atoms with Crippen molar-refractivity contribution < 1.29 is 0 Å². The minimum Gasteiger partial charge on any atom is -0.306 e. The van der Waals surface area contributed by atoms with Crippen molar-refractivity contribution in [1.82, 2.24) is 19.7 Å². The first-order valence-electron chi connectivity index (χ1n) is 6.64. The Hall–Kier alpha value is -2.95. The molecule has 5 nitrogen and oxygen atoms in total. The Morgan fingerprint density at radius 2 is 1.95 bits per heavy atom. The monoisotopic (exact) mass is 276 g/mol. The molecule has 0 aliphatic heterocycles. The summed E-state index contributed by atoms with van der Waals surface area (Å²) >= 11 is 0. The van der Waals surface area contributed by atoms with Crippen molar-refractivity contribution in [3.8, 4) is 11.4 Å². The molecule has 21 heavy (non-hydrogen) atoms. The molecule has 0 spiro atoms. The van der Waals surface area contributed by atoms with Gasteiger partial charge in [0.15, 0.2) is 0 Å². The fourth-order valence-electron chi connectivity index (χ4n) is 2.57. The maximum Gasteiger partial charge on any atom is 0.259 e. The summed E-state index contributed by atoms with van der Waals surface area (Å²) in [5.74, 6) is 0.544. The van der Waals surface area contributed by atoms with Gasteiger partial charge in [0, 0.05) is 24.2 Å². The first kappa shape index (κ1) is 11.8. The number of aryl methyl sites for hydroxylation is 1. The van der Waals surface area contributed by atoms with Crippen LogP contribution in [0, 0.1) is 0 Å². The Bertz CT molecular complexity index is 1030. The van der Waals surface area contributed by atoms with E-state index < -0.39 is 0 Å². The number of fused-ring (bicyclic) bond motifs is 2. The second-order valence-corrected chi connectivity index (χ2v) is 4.98. The van der Waals surface area contributed by atoms with Gasteiger partial charge in [0.25, 0.3) is 5.56 Å². The quantitative estimate of drug-likeness (QED) is 0.581. The second-order valence-electron chi connectivity index (χ2n) is 4.98. The van der Waals surface area contributed by atoms with E-state index in [1.54, 1.807) is 10.7 Å². The van der Waals surface area contributed by atoms with Crippen molar-refractivity contribution in [3.63, 3.8) is 0 Å². The molecule has 0 fully saturated rings. The third kappa shape index (κ3) is 1.82. The predicted octanol–water partition coefficient (Wildman–Crippen LogP) is 2.48. The van der Waals surface area contributed by atoms with Gasteiger partial charge in [0.1, 0.15) is 11.3 Å². The van der Waals surface area contributed by atoms with Crippen LogP contribution in [0.15, 0.2) is 53.5 Å². The van der Waals surface area contributed by atoms with Crippen LogP contribution in [0.5, 0.6) is 0 Å². The first-order chi connectivity index (χ1) is 10.2. The maximum atomic E-state index is 12.2. The minimum atomic E-state index is -0.136. The summed E-state index contributed by atoms with van der Waals surface area (Å²) in [6, 6.07) is 13.2. The Morgan fingerprint density at radius 3 is 2.86 bits per heavy atom. The second kappa shape index (κ2) is 4.28. The van der Waals surface area contributed by atoms with Crippen LogP contribution in [0.1, 0.15) is 0 Å². The number of nitrogens with zero attached hydrogens (tertiary/aromatic N) is 3. The third-order valence-corrected chi connectivity index (χ3v) is 3.52. The van der Waals surface area contributed by atoms with Crippen molar-refractivity contribution in [2.45, 2.75) is 0 Å². The van der Waals surface area contributed by atoms with E-state index in [2.05, 4.69) is 15.1 Å². The van der Waals surface area contributed by atoms with E-state index in [1.165, 1.54) is 0 Å². The van der Waals surface area contributed by atoms with Gasteiger partial charge in [0.2, 0.25) is 0 Å². The summed E-state index contributed by atoms with van der Waals surface area (Å²) in [7, 11) is 1.88. The van der Waals surface area contributed by atoms with Crippen molar-refractivity contribution >= 4 is 21.8 Å². The average Bonchev–Trinajstić information content (AvgIpc) is 2.87. The molecule has 0 bridgehead atoms. The van der Waals surface area contributed by atoms with Gasteiger partial charge < -0.3 is 4.98 Å². The highest BCUT2D eigenvalue weighted by Gasteiger charge is 2.11. The van der Waals surface area contributed by atoms with E-state index >= 15 is 0 Å². The standard InChI is InChI=1S/C16H12N4O/c1-20-9-10-5-4-7-12(14(10)19-20)15-17-13-8-3-2-6-11(13)16(21)18-15/h2-9H,1H3,(H,17,18,21). The Kier molecular flexibility index (Phi) is 2.41. The largest absolute Gasteiger partial charge is 0.306 e. The van der Waals surface area contributed by atoms with E-state index in [1.807, 2.05) is 49.6 Å². The fourth-order valence-corrected chi connectivity index (χ4v) is 2.57. The molecular weight excluding hydrogens is 264 g/mol. The Morgan fingerprint density at radius 1 is 1.10 bits per heavy atom. The molecule has 102 valence electrons. The zero-order chi connectivity index (χ0) is 14.4. The van der Waals surface area contributed by atoms with Gasteiger partial charge in [0.05, 0.1) is 10.9 Å². The van der Waals surface area contributed by atoms with Crippen LogP contribution in [0.3, 0.4) is 0 Å². The summed E-state index contributed by atoms with van der Waals surface area (Å²) in [6.07, 6.45) is 1.94. The topological polar surface area (TPSA) is 63.6 Å². The van der Waals surface area contributed by atoms with Crippen molar-refractivity contribution in [3.05, 3.63) is 59.0 Å². The number of benzene rings is 2. The summed E-state index contributed by atoms with van der Waals surface area (Å²) in [6.45, 7) is 0. The highest BCUT2D eigenvalue weighted by atomic mass is 16.1. The van der Waals surface area contributed by atoms with Gasteiger partial charge >= 0.3 is 0 Å². The molecule has 4 rings (SSSR count). The number of rotatable bonds is 1. The number of nitrogens with one attached hydrogen (secondary N) is 1. The zero-order valence-corrected chi connectivity index (χ0v) is 11.4. The number of para-hydroxylation sites is 1. The molecule has 4 aromatic rings. The van der Waals surface area contributed by atoms with Gasteiger partial charge in [-0.05, 0) is 18.2 Å². The molecule has 2 aromatic carbocycles. The smallest absolute Gasteiger partial charge is 0.259 e. The lowest BCUT2D eigenvalue weighted by Crippen LogP contribution is -2.09. The number of aromatic amines is 1. The molecule has 0 aliphatic carbocycles. The lowest BCUT2D eigenvalue weighted by Gasteiger charge is -2.03. The molecule has 0 unspecified atom stereocenters. The molecule has 0 radical (unpaired) electrons. The summed E-state index contributed by atoms with van der Waals surface area (Å²) in [4.78, 5) is 19.6. The molecular formula is C16H12N4O. The van der Waals surface area contributed by atoms with Gasteiger partial charge in [-0.3, -0.25) is 9.48 Å². The van der Waals surface area contributed by atoms with Gasteiger partial charge in [-0.1, -0.05) is 24.3 Å². The molecule has 2 aromatic heterocycles. The summed E-state index contributed by atoms with van der Waals surface area (Å²) in [5, 5.41) is 6.07. The normalized spacial score (nSPS) is 11.3. The van der Waals surface area contributed by atoms with Crippen LogP contribution >= 0.6 is 0 Å². The highest BCUT2D eigenvalue weighted by Crippen LogP contribution is 2.24. The van der Waals surface area contributed by atoms with E-state index in [0.29, 0.717) is 16.7 Å². The van der Waals surface area contributed by atoms with E-state index in [0.717, 1.165) is 16.5 Å². The summed E-state index contributed by atoms with van der Waals surface area (Å²) < 4.78 is 1.76. The molecule has 0 aliphatic rings. The van der Waals surface area contributed by atoms with Crippen LogP contribution in [-0.4, -0.2) is 19.7 Å².